The average Bonchev–Trinajstić information content (AvgIpc) is 2.74. The van der Waals surface area contributed by atoms with Gasteiger partial charge in [-0.05, 0) is 66.9 Å². The molecule has 4 rings (SSSR count). The lowest BCUT2D eigenvalue weighted by Gasteiger charge is -2.31. The van der Waals surface area contributed by atoms with E-state index in [9.17, 15) is 17.6 Å². The number of rotatable bonds is 4. The fraction of sp³-hybridized carbons (Fsp3) is 0.143. The molecule has 148 valence electrons. The SMILES string of the molecule is O=C(Nc1ccc2c(c1)N(S(=O)(=O)c1ccc(F)cc1)CCC2)c1ccccn1. The summed E-state index contributed by atoms with van der Waals surface area (Å²) in [6, 6.07) is 15.0. The third kappa shape index (κ3) is 3.84. The monoisotopic (exact) mass is 411 g/mol. The van der Waals surface area contributed by atoms with Gasteiger partial charge >= 0.3 is 0 Å². The predicted molar refractivity (Wildman–Crippen MR) is 108 cm³/mol. The molecular formula is C21H18FN3O3S. The Hall–Kier alpha value is -3.26. The molecule has 0 radical (unpaired) electrons. The van der Waals surface area contributed by atoms with E-state index in [1.165, 1.54) is 22.6 Å². The third-order valence-corrected chi connectivity index (χ3v) is 6.55. The molecule has 1 aliphatic heterocycles. The van der Waals surface area contributed by atoms with Gasteiger partial charge in [0, 0.05) is 18.4 Å². The maximum atomic E-state index is 13.2. The first-order valence-corrected chi connectivity index (χ1v) is 10.5. The lowest BCUT2D eigenvalue weighted by Crippen LogP contribution is -2.35. The minimum absolute atomic E-state index is 0.0228. The van der Waals surface area contributed by atoms with Gasteiger partial charge in [-0.3, -0.25) is 14.1 Å². The van der Waals surface area contributed by atoms with Crippen molar-refractivity contribution in [2.45, 2.75) is 17.7 Å². The van der Waals surface area contributed by atoms with E-state index in [0.717, 1.165) is 24.1 Å². The maximum Gasteiger partial charge on any atom is 0.274 e. The molecule has 0 aliphatic carbocycles. The van der Waals surface area contributed by atoms with Crippen molar-refractivity contribution in [2.75, 3.05) is 16.2 Å². The van der Waals surface area contributed by atoms with E-state index in [-0.39, 0.29) is 16.5 Å². The number of aryl methyl sites for hydroxylation is 1. The highest BCUT2D eigenvalue weighted by atomic mass is 32.2. The second-order valence-corrected chi connectivity index (χ2v) is 8.51. The first kappa shape index (κ1) is 19.1. The van der Waals surface area contributed by atoms with E-state index in [0.29, 0.717) is 24.3 Å². The highest BCUT2D eigenvalue weighted by Gasteiger charge is 2.29. The molecule has 0 fully saturated rings. The number of benzene rings is 2. The summed E-state index contributed by atoms with van der Waals surface area (Å²) in [5.41, 5.74) is 2.12. The Morgan fingerprint density at radius 3 is 2.59 bits per heavy atom. The molecule has 1 aliphatic rings. The van der Waals surface area contributed by atoms with Crippen molar-refractivity contribution < 1.29 is 17.6 Å². The lowest BCUT2D eigenvalue weighted by atomic mass is 10.0. The van der Waals surface area contributed by atoms with E-state index in [2.05, 4.69) is 10.3 Å². The molecule has 1 aromatic heterocycles. The summed E-state index contributed by atoms with van der Waals surface area (Å²) < 4.78 is 40.8. The predicted octanol–water partition coefficient (Wildman–Crippen LogP) is 3.61. The molecule has 2 aromatic carbocycles. The van der Waals surface area contributed by atoms with Crippen LogP contribution in [0.1, 0.15) is 22.5 Å². The first-order chi connectivity index (χ1) is 13.9. The summed E-state index contributed by atoms with van der Waals surface area (Å²) in [6.45, 7) is 0.310. The van der Waals surface area contributed by atoms with Gasteiger partial charge in [-0.15, -0.1) is 0 Å². The summed E-state index contributed by atoms with van der Waals surface area (Å²) in [7, 11) is -3.85. The summed E-state index contributed by atoms with van der Waals surface area (Å²) in [5, 5.41) is 2.76. The van der Waals surface area contributed by atoms with Crippen molar-refractivity contribution in [2.24, 2.45) is 0 Å². The Balaban J connectivity index is 1.67. The van der Waals surface area contributed by atoms with Crippen molar-refractivity contribution in [3.63, 3.8) is 0 Å². The number of amides is 1. The molecule has 1 amide bonds. The van der Waals surface area contributed by atoms with Crippen molar-refractivity contribution >= 4 is 27.3 Å². The number of carbonyl (C=O) groups excluding carboxylic acids is 1. The quantitative estimate of drug-likeness (QED) is 0.711. The van der Waals surface area contributed by atoms with Gasteiger partial charge < -0.3 is 5.32 Å². The summed E-state index contributed by atoms with van der Waals surface area (Å²) in [4.78, 5) is 16.4. The Bertz CT molecular complexity index is 1150. The van der Waals surface area contributed by atoms with E-state index in [1.54, 1.807) is 30.3 Å². The zero-order chi connectivity index (χ0) is 20.4. The largest absolute Gasteiger partial charge is 0.321 e. The number of nitrogens with one attached hydrogen (secondary N) is 1. The molecule has 0 saturated carbocycles. The molecule has 1 N–H and O–H groups in total. The topological polar surface area (TPSA) is 79.4 Å². The Kier molecular flexibility index (Phi) is 5.02. The molecule has 8 heteroatoms. The third-order valence-electron chi connectivity index (χ3n) is 4.72. The summed E-state index contributed by atoms with van der Waals surface area (Å²) in [5.74, 6) is -0.878. The van der Waals surface area contributed by atoms with E-state index in [1.807, 2.05) is 6.07 Å². The van der Waals surface area contributed by atoms with Gasteiger partial charge in [0.05, 0.1) is 10.6 Å². The Morgan fingerprint density at radius 1 is 1.07 bits per heavy atom. The summed E-state index contributed by atoms with van der Waals surface area (Å²) >= 11 is 0. The van der Waals surface area contributed by atoms with Crippen LogP contribution in [0.15, 0.2) is 71.8 Å². The van der Waals surface area contributed by atoms with Crippen molar-refractivity contribution in [1.29, 1.82) is 0 Å². The molecule has 0 unspecified atom stereocenters. The number of hydrogen-bond acceptors (Lipinski definition) is 4. The number of aromatic nitrogens is 1. The number of carbonyl (C=O) groups is 1. The van der Waals surface area contributed by atoms with Crippen LogP contribution in [0.3, 0.4) is 0 Å². The highest BCUT2D eigenvalue weighted by Crippen LogP contribution is 2.34. The zero-order valence-electron chi connectivity index (χ0n) is 15.4. The minimum atomic E-state index is -3.85. The van der Waals surface area contributed by atoms with Crippen LogP contribution < -0.4 is 9.62 Å². The minimum Gasteiger partial charge on any atom is -0.321 e. The second-order valence-electron chi connectivity index (χ2n) is 6.65. The van der Waals surface area contributed by atoms with Gasteiger partial charge in [-0.1, -0.05) is 12.1 Å². The van der Waals surface area contributed by atoms with E-state index >= 15 is 0 Å². The molecular weight excluding hydrogens is 393 g/mol. The molecule has 0 spiro atoms. The second kappa shape index (κ2) is 7.63. The molecule has 0 atom stereocenters. The fourth-order valence-electron chi connectivity index (χ4n) is 3.29. The highest BCUT2D eigenvalue weighted by molar-refractivity contribution is 7.92. The molecule has 2 heterocycles. The number of hydrogen-bond donors (Lipinski definition) is 1. The van der Waals surface area contributed by atoms with Gasteiger partial charge in [-0.2, -0.15) is 0 Å². The number of halogens is 1. The van der Waals surface area contributed by atoms with E-state index in [4.69, 9.17) is 0 Å². The smallest absolute Gasteiger partial charge is 0.274 e. The molecule has 0 saturated heterocycles. The van der Waals surface area contributed by atoms with Crippen LogP contribution in [0.25, 0.3) is 0 Å². The first-order valence-electron chi connectivity index (χ1n) is 9.09. The van der Waals surface area contributed by atoms with Crippen LogP contribution in [0.2, 0.25) is 0 Å². The lowest BCUT2D eigenvalue weighted by molar-refractivity contribution is 0.102. The number of anilines is 2. The van der Waals surface area contributed by atoms with Gasteiger partial charge in [0.15, 0.2) is 0 Å². The fourth-order valence-corrected chi connectivity index (χ4v) is 4.83. The Labute approximate surface area is 168 Å². The summed E-state index contributed by atoms with van der Waals surface area (Å²) in [6.07, 6.45) is 2.94. The maximum absolute atomic E-state index is 13.2. The van der Waals surface area contributed by atoms with Crippen molar-refractivity contribution in [1.82, 2.24) is 4.98 Å². The number of fused-ring (bicyclic) bond motifs is 1. The van der Waals surface area contributed by atoms with Crippen LogP contribution in [-0.2, 0) is 16.4 Å². The van der Waals surface area contributed by atoms with Gasteiger partial charge in [0.2, 0.25) is 0 Å². The van der Waals surface area contributed by atoms with Crippen LogP contribution >= 0.6 is 0 Å². The van der Waals surface area contributed by atoms with Crippen LogP contribution in [-0.4, -0.2) is 25.9 Å². The zero-order valence-corrected chi connectivity index (χ0v) is 16.2. The number of pyridine rings is 1. The van der Waals surface area contributed by atoms with Gasteiger partial charge in [-0.25, -0.2) is 12.8 Å². The normalized spacial score (nSPS) is 13.6. The van der Waals surface area contributed by atoms with Crippen LogP contribution in [0.4, 0.5) is 15.8 Å². The van der Waals surface area contributed by atoms with Crippen molar-refractivity contribution in [3.8, 4) is 0 Å². The number of sulfonamides is 1. The number of nitrogens with zero attached hydrogens (tertiary/aromatic N) is 2. The standard InChI is InChI=1S/C21H18FN3O3S/c22-16-7-10-18(11-8-16)29(27,28)25-13-3-4-15-6-9-17(14-20(15)25)24-21(26)19-5-1-2-12-23-19/h1-2,5-12,14H,3-4,13H2,(H,24,26). The average molecular weight is 411 g/mol. The van der Waals surface area contributed by atoms with Crippen LogP contribution in [0, 0.1) is 5.82 Å². The molecule has 0 bridgehead atoms. The Morgan fingerprint density at radius 2 is 1.86 bits per heavy atom. The molecule has 6 nitrogen and oxygen atoms in total. The van der Waals surface area contributed by atoms with Crippen LogP contribution in [0.5, 0.6) is 0 Å². The van der Waals surface area contributed by atoms with Gasteiger partial charge in [0.25, 0.3) is 15.9 Å². The molecule has 29 heavy (non-hydrogen) atoms. The van der Waals surface area contributed by atoms with E-state index < -0.39 is 15.8 Å². The van der Waals surface area contributed by atoms with Crippen molar-refractivity contribution in [3.05, 3.63) is 83.9 Å². The molecule has 3 aromatic rings. The van der Waals surface area contributed by atoms with Gasteiger partial charge in [0.1, 0.15) is 11.5 Å².